The molecule has 1 heterocycles. The van der Waals surface area contributed by atoms with Crippen LogP contribution in [0.2, 0.25) is 0 Å². The summed E-state index contributed by atoms with van der Waals surface area (Å²) in [5.74, 6) is 0. The largest absolute Gasteiger partial charge is 0.396 e. The van der Waals surface area contributed by atoms with Crippen LogP contribution in [0.1, 0.15) is 39.0 Å². The van der Waals surface area contributed by atoms with E-state index in [4.69, 9.17) is 5.11 Å². The van der Waals surface area contributed by atoms with E-state index in [1.807, 2.05) is 6.92 Å². The second-order valence-corrected chi connectivity index (χ2v) is 5.26. The molecule has 0 aromatic carbocycles. The molecule has 0 aliphatic rings. The van der Waals surface area contributed by atoms with Gasteiger partial charge in [0.2, 0.25) is 0 Å². The average Bonchev–Trinajstić information content (AvgIpc) is 2.41. The lowest BCUT2D eigenvalue weighted by Gasteiger charge is -2.09. The maximum absolute atomic E-state index is 11.9. The van der Waals surface area contributed by atoms with Crippen LogP contribution in [0, 0.1) is 0 Å². The second kappa shape index (κ2) is 9.09. The van der Waals surface area contributed by atoms with Crippen molar-refractivity contribution in [1.29, 1.82) is 0 Å². The number of rotatable bonds is 9. The first-order chi connectivity index (χ1) is 9.20. The van der Waals surface area contributed by atoms with Gasteiger partial charge in [0.25, 0.3) is 5.56 Å². The molecule has 0 atom stereocenters. The summed E-state index contributed by atoms with van der Waals surface area (Å²) in [7, 11) is 0. The van der Waals surface area contributed by atoms with E-state index in [1.54, 1.807) is 6.20 Å². The molecular formula is C13H22BrN3O2. The molecule has 0 saturated carbocycles. The number of aliphatic hydroxyl groups is 1. The Balaban J connectivity index is 2.46. The summed E-state index contributed by atoms with van der Waals surface area (Å²) in [6.07, 6.45) is 6.57. The van der Waals surface area contributed by atoms with Crippen molar-refractivity contribution < 1.29 is 5.11 Å². The van der Waals surface area contributed by atoms with E-state index < -0.39 is 0 Å². The predicted molar refractivity (Wildman–Crippen MR) is 80.5 cm³/mol. The van der Waals surface area contributed by atoms with Crippen molar-refractivity contribution >= 4 is 21.6 Å². The second-order valence-electron chi connectivity index (χ2n) is 4.47. The minimum Gasteiger partial charge on any atom is -0.396 e. The summed E-state index contributed by atoms with van der Waals surface area (Å²) in [5, 5.41) is 16.0. The summed E-state index contributed by atoms with van der Waals surface area (Å²) in [5.41, 5.74) is 0.659. The molecule has 6 heteroatoms. The average molecular weight is 332 g/mol. The van der Waals surface area contributed by atoms with Crippen LogP contribution < -0.4 is 10.9 Å². The van der Waals surface area contributed by atoms with E-state index in [0.29, 0.717) is 11.0 Å². The number of hydrogen-bond donors (Lipinski definition) is 2. The Labute approximate surface area is 122 Å². The summed E-state index contributed by atoms with van der Waals surface area (Å²) in [4.78, 5) is 11.9. The van der Waals surface area contributed by atoms with Crippen molar-refractivity contribution in [3.8, 4) is 0 Å². The van der Waals surface area contributed by atoms with Gasteiger partial charge in [0.15, 0.2) is 0 Å². The van der Waals surface area contributed by atoms with Crippen LogP contribution >= 0.6 is 15.9 Å². The van der Waals surface area contributed by atoms with Crippen LogP contribution in [0.3, 0.4) is 0 Å². The highest BCUT2D eigenvalue weighted by molar-refractivity contribution is 9.10. The molecule has 0 spiro atoms. The zero-order valence-corrected chi connectivity index (χ0v) is 12.9. The number of halogens is 1. The standard InChI is InChI=1S/C13H22BrN3O2/c1-2-8-17-13(19)12(14)11(10-16-17)15-7-5-3-4-6-9-18/h10,15,18H,2-9H2,1H3. The Morgan fingerprint density at radius 1 is 1.37 bits per heavy atom. The fourth-order valence-corrected chi connectivity index (χ4v) is 2.22. The number of hydrogen-bond acceptors (Lipinski definition) is 4. The smallest absolute Gasteiger partial charge is 0.283 e. The molecule has 0 aliphatic heterocycles. The molecule has 19 heavy (non-hydrogen) atoms. The quantitative estimate of drug-likeness (QED) is 0.682. The third kappa shape index (κ3) is 5.32. The Kier molecular flexibility index (Phi) is 7.74. The van der Waals surface area contributed by atoms with Gasteiger partial charge in [-0.15, -0.1) is 0 Å². The first-order valence-electron chi connectivity index (χ1n) is 6.81. The molecule has 1 aromatic heterocycles. The Bertz CT molecular complexity index is 434. The van der Waals surface area contributed by atoms with E-state index in [1.165, 1.54) is 4.68 Å². The molecule has 0 aliphatic carbocycles. The van der Waals surface area contributed by atoms with Gasteiger partial charge in [-0.05, 0) is 35.2 Å². The lowest BCUT2D eigenvalue weighted by Crippen LogP contribution is -2.24. The van der Waals surface area contributed by atoms with Crippen LogP contribution in [0.4, 0.5) is 5.69 Å². The van der Waals surface area contributed by atoms with Crippen molar-refractivity contribution in [2.45, 2.75) is 45.6 Å². The number of nitrogens with one attached hydrogen (secondary N) is 1. The number of aliphatic hydroxyl groups excluding tert-OH is 1. The van der Waals surface area contributed by atoms with E-state index in [9.17, 15) is 4.79 Å². The van der Waals surface area contributed by atoms with Crippen LogP contribution in [-0.2, 0) is 6.54 Å². The van der Waals surface area contributed by atoms with Crippen molar-refractivity contribution in [2.24, 2.45) is 0 Å². The van der Waals surface area contributed by atoms with E-state index in [-0.39, 0.29) is 12.2 Å². The molecule has 2 N–H and O–H groups in total. The van der Waals surface area contributed by atoms with E-state index in [0.717, 1.165) is 44.3 Å². The zero-order valence-electron chi connectivity index (χ0n) is 11.4. The van der Waals surface area contributed by atoms with Gasteiger partial charge >= 0.3 is 0 Å². The minimum atomic E-state index is -0.0906. The summed E-state index contributed by atoms with van der Waals surface area (Å²) in [6, 6.07) is 0. The van der Waals surface area contributed by atoms with Gasteiger partial charge in [0.1, 0.15) is 4.47 Å². The topological polar surface area (TPSA) is 67.2 Å². The summed E-state index contributed by atoms with van der Waals surface area (Å²) in [6.45, 7) is 3.72. The van der Waals surface area contributed by atoms with Gasteiger partial charge in [-0.1, -0.05) is 19.8 Å². The molecule has 108 valence electrons. The van der Waals surface area contributed by atoms with E-state index in [2.05, 4.69) is 26.3 Å². The van der Waals surface area contributed by atoms with Crippen LogP contribution in [0.15, 0.2) is 15.5 Å². The van der Waals surface area contributed by atoms with Crippen LogP contribution in [-0.4, -0.2) is 28.0 Å². The van der Waals surface area contributed by atoms with Gasteiger partial charge in [-0.2, -0.15) is 5.10 Å². The van der Waals surface area contributed by atoms with Gasteiger partial charge in [0.05, 0.1) is 11.9 Å². The SMILES string of the molecule is CCCn1ncc(NCCCCCCO)c(Br)c1=O. The number of aryl methyl sites for hydroxylation is 1. The number of unbranched alkanes of at least 4 members (excludes halogenated alkanes) is 3. The number of anilines is 1. The number of aromatic nitrogens is 2. The molecule has 1 rings (SSSR count). The normalized spacial score (nSPS) is 10.7. The van der Waals surface area contributed by atoms with Crippen molar-refractivity contribution in [1.82, 2.24) is 9.78 Å². The fourth-order valence-electron chi connectivity index (χ4n) is 1.77. The van der Waals surface area contributed by atoms with Gasteiger partial charge in [-0.25, -0.2) is 4.68 Å². The fraction of sp³-hybridized carbons (Fsp3) is 0.692. The monoisotopic (exact) mass is 331 g/mol. The minimum absolute atomic E-state index is 0.0906. The third-order valence-electron chi connectivity index (χ3n) is 2.82. The molecule has 0 amide bonds. The maximum Gasteiger partial charge on any atom is 0.283 e. The van der Waals surface area contributed by atoms with Gasteiger partial charge < -0.3 is 10.4 Å². The zero-order chi connectivity index (χ0) is 14.1. The van der Waals surface area contributed by atoms with Crippen molar-refractivity contribution in [3.05, 3.63) is 21.0 Å². The Morgan fingerprint density at radius 2 is 2.11 bits per heavy atom. The Hall–Kier alpha value is -0.880. The highest BCUT2D eigenvalue weighted by Gasteiger charge is 2.07. The summed E-state index contributed by atoms with van der Waals surface area (Å²) < 4.78 is 2.02. The predicted octanol–water partition coefficient (Wildman–Crippen LogP) is 2.38. The van der Waals surface area contributed by atoms with Crippen molar-refractivity contribution in [3.63, 3.8) is 0 Å². The molecular weight excluding hydrogens is 310 g/mol. The molecule has 0 fully saturated rings. The lowest BCUT2D eigenvalue weighted by atomic mass is 10.2. The van der Waals surface area contributed by atoms with Crippen LogP contribution in [0.25, 0.3) is 0 Å². The molecule has 0 unspecified atom stereocenters. The lowest BCUT2D eigenvalue weighted by molar-refractivity contribution is 0.283. The highest BCUT2D eigenvalue weighted by Crippen LogP contribution is 2.16. The molecule has 5 nitrogen and oxygen atoms in total. The molecule has 0 saturated heterocycles. The van der Waals surface area contributed by atoms with Gasteiger partial charge in [-0.3, -0.25) is 4.79 Å². The highest BCUT2D eigenvalue weighted by atomic mass is 79.9. The van der Waals surface area contributed by atoms with Gasteiger partial charge in [0, 0.05) is 19.7 Å². The van der Waals surface area contributed by atoms with Crippen LogP contribution in [0.5, 0.6) is 0 Å². The third-order valence-corrected chi connectivity index (χ3v) is 3.59. The molecule has 1 aromatic rings. The van der Waals surface area contributed by atoms with E-state index >= 15 is 0 Å². The maximum atomic E-state index is 11.9. The van der Waals surface area contributed by atoms with Crippen molar-refractivity contribution in [2.75, 3.05) is 18.5 Å². The molecule has 0 radical (unpaired) electrons. The Morgan fingerprint density at radius 3 is 2.79 bits per heavy atom. The summed E-state index contributed by atoms with van der Waals surface area (Å²) >= 11 is 3.33. The number of nitrogens with zero attached hydrogens (tertiary/aromatic N) is 2. The first kappa shape index (κ1) is 16.2. The first-order valence-corrected chi connectivity index (χ1v) is 7.60. The molecule has 0 bridgehead atoms.